The lowest BCUT2D eigenvalue weighted by atomic mass is 10.1. The van der Waals surface area contributed by atoms with E-state index in [4.69, 9.17) is 0 Å². The zero-order chi connectivity index (χ0) is 18.0. The van der Waals surface area contributed by atoms with Gasteiger partial charge in [0.15, 0.2) is 5.13 Å². The molecule has 2 aliphatic rings. The SMILES string of the molecule is O=S(=O)(NCCc1csc(N2CCCCC2)n1)c1ccc2c(c1)CCC2. The Labute approximate surface area is 159 Å². The third kappa shape index (κ3) is 3.94. The van der Waals surface area contributed by atoms with Crippen LogP contribution in [0.1, 0.15) is 42.5 Å². The largest absolute Gasteiger partial charge is 0.348 e. The Hall–Kier alpha value is -1.44. The van der Waals surface area contributed by atoms with E-state index in [2.05, 4.69) is 14.6 Å². The summed E-state index contributed by atoms with van der Waals surface area (Å²) < 4.78 is 27.8. The number of hydrogen-bond donors (Lipinski definition) is 1. The van der Waals surface area contributed by atoms with Gasteiger partial charge in [0.25, 0.3) is 0 Å². The Morgan fingerprint density at radius 1 is 1.08 bits per heavy atom. The summed E-state index contributed by atoms with van der Waals surface area (Å²) in [7, 11) is -3.45. The number of rotatable bonds is 6. The van der Waals surface area contributed by atoms with Crippen molar-refractivity contribution in [2.75, 3.05) is 24.5 Å². The van der Waals surface area contributed by atoms with Crippen molar-refractivity contribution in [3.8, 4) is 0 Å². The monoisotopic (exact) mass is 391 g/mol. The predicted octanol–water partition coefficient (Wildman–Crippen LogP) is 3.14. The first-order valence-corrected chi connectivity index (χ1v) is 11.8. The Balaban J connectivity index is 1.34. The Bertz CT molecular complexity index is 871. The third-order valence-electron chi connectivity index (χ3n) is 5.22. The summed E-state index contributed by atoms with van der Waals surface area (Å²) >= 11 is 1.66. The van der Waals surface area contributed by atoms with Gasteiger partial charge in [0.1, 0.15) is 0 Å². The van der Waals surface area contributed by atoms with Gasteiger partial charge in [-0.25, -0.2) is 18.1 Å². The molecule has 7 heteroatoms. The molecule has 0 saturated carbocycles. The molecule has 0 radical (unpaired) electrons. The fourth-order valence-electron chi connectivity index (χ4n) is 3.75. The molecule has 0 atom stereocenters. The van der Waals surface area contributed by atoms with Gasteiger partial charge in [-0.1, -0.05) is 6.07 Å². The summed E-state index contributed by atoms with van der Waals surface area (Å²) in [4.78, 5) is 7.40. The van der Waals surface area contributed by atoms with Crippen molar-refractivity contribution in [1.82, 2.24) is 9.71 Å². The van der Waals surface area contributed by atoms with Gasteiger partial charge in [-0.3, -0.25) is 0 Å². The fourth-order valence-corrected chi connectivity index (χ4v) is 5.75. The van der Waals surface area contributed by atoms with E-state index in [0.29, 0.717) is 17.9 Å². The number of nitrogens with zero attached hydrogens (tertiary/aromatic N) is 2. The van der Waals surface area contributed by atoms with Crippen molar-refractivity contribution in [2.24, 2.45) is 0 Å². The van der Waals surface area contributed by atoms with Crippen molar-refractivity contribution in [1.29, 1.82) is 0 Å². The average Bonchev–Trinajstić information content (AvgIpc) is 3.31. The second kappa shape index (κ2) is 7.66. The van der Waals surface area contributed by atoms with Gasteiger partial charge >= 0.3 is 0 Å². The molecule has 5 nitrogen and oxygen atoms in total. The Morgan fingerprint density at radius 3 is 2.73 bits per heavy atom. The second-order valence-corrected chi connectivity index (χ2v) is 9.70. The van der Waals surface area contributed by atoms with Gasteiger partial charge in [0, 0.05) is 31.4 Å². The normalized spacial score (nSPS) is 17.5. The van der Waals surface area contributed by atoms with Crippen molar-refractivity contribution in [2.45, 2.75) is 49.8 Å². The van der Waals surface area contributed by atoms with Crippen LogP contribution >= 0.6 is 11.3 Å². The molecule has 1 aromatic carbocycles. The minimum Gasteiger partial charge on any atom is -0.348 e. The molecule has 26 heavy (non-hydrogen) atoms. The number of aromatic nitrogens is 1. The number of piperidine rings is 1. The molecular weight excluding hydrogens is 366 g/mol. The zero-order valence-electron chi connectivity index (χ0n) is 14.9. The minimum absolute atomic E-state index is 0.378. The zero-order valence-corrected chi connectivity index (χ0v) is 16.5. The number of hydrogen-bond acceptors (Lipinski definition) is 5. The van der Waals surface area contributed by atoms with Crippen molar-refractivity contribution in [3.05, 3.63) is 40.4 Å². The van der Waals surface area contributed by atoms with Crippen LogP contribution in [0.15, 0.2) is 28.5 Å². The summed E-state index contributed by atoms with van der Waals surface area (Å²) in [6.45, 7) is 2.54. The van der Waals surface area contributed by atoms with E-state index in [1.807, 2.05) is 17.5 Å². The number of thiazole rings is 1. The molecule has 1 aromatic heterocycles. The topological polar surface area (TPSA) is 62.3 Å². The molecule has 1 fully saturated rings. The average molecular weight is 392 g/mol. The number of anilines is 1. The molecule has 0 bridgehead atoms. The molecular formula is C19H25N3O2S2. The van der Waals surface area contributed by atoms with Crippen LogP contribution in [0.2, 0.25) is 0 Å². The maximum absolute atomic E-state index is 12.5. The van der Waals surface area contributed by atoms with Crippen molar-refractivity contribution >= 4 is 26.5 Å². The van der Waals surface area contributed by atoms with Crippen LogP contribution in [0.3, 0.4) is 0 Å². The van der Waals surface area contributed by atoms with E-state index in [-0.39, 0.29) is 0 Å². The van der Waals surface area contributed by atoms with Crippen LogP contribution in [-0.2, 0) is 29.3 Å². The highest BCUT2D eigenvalue weighted by atomic mass is 32.2. The standard InChI is InChI=1S/C19H25N3O2S2/c23-26(24,18-8-7-15-5-4-6-16(15)13-18)20-10-9-17-14-25-19(21-17)22-11-2-1-3-12-22/h7-8,13-14,20H,1-6,9-12H2. The Kier molecular flexibility index (Phi) is 5.29. The number of sulfonamides is 1. The van der Waals surface area contributed by atoms with E-state index in [0.717, 1.165) is 43.2 Å². The lowest BCUT2D eigenvalue weighted by Crippen LogP contribution is -2.29. The summed E-state index contributed by atoms with van der Waals surface area (Å²) in [6.07, 6.45) is 7.55. The van der Waals surface area contributed by atoms with Gasteiger partial charge in [-0.05, 0) is 61.8 Å². The van der Waals surface area contributed by atoms with Crippen LogP contribution in [0.5, 0.6) is 0 Å². The maximum Gasteiger partial charge on any atom is 0.240 e. The molecule has 140 valence electrons. The molecule has 1 saturated heterocycles. The van der Waals surface area contributed by atoms with Crippen LogP contribution in [-0.4, -0.2) is 33.0 Å². The van der Waals surface area contributed by atoms with Gasteiger partial charge in [0.2, 0.25) is 10.0 Å². The summed E-state index contributed by atoms with van der Waals surface area (Å²) in [6, 6.07) is 5.52. The molecule has 2 aromatic rings. The lowest BCUT2D eigenvalue weighted by molar-refractivity contribution is 0.575. The predicted molar refractivity (Wildman–Crippen MR) is 106 cm³/mol. The number of fused-ring (bicyclic) bond motifs is 1. The lowest BCUT2D eigenvalue weighted by Gasteiger charge is -2.25. The number of nitrogens with one attached hydrogen (secondary N) is 1. The molecule has 0 amide bonds. The van der Waals surface area contributed by atoms with E-state index in [1.165, 1.54) is 30.4 Å². The molecule has 2 heterocycles. The molecule has 0 unspecified atom stereocenters. The molecule has 1 aliphatic carbocycles. The summed E-state index contributed by atoms with van der Waals surface area (Å²) in [5, 5.41) is 3.12. The van der Waals surface area contributed by atoms with Crippen LogP contribution in [0.4, 0.5) is 5.13 Å². The first-order valence-electron chi connectivity index (χ1n) is 9.43. The van der Waals surface area contributed by atoms with Crippen LogP contribution < -0.4 is 9.62 Å². The maximum atomic E-state index is 12.5. The number of benzene rings is 1. The second-order valence-electron chi connectivity index (χ2n) is 7.10. The van der Waals surface area contributed by atoms with Crippen LogP contribution in [0.25, 0.3) is 0 Å². The first kappa shape index (κ1) is 17.9. The quantitative estimate of drug-likeness (QED) is 0.822. The molecule has 4 rings (SSSR count). The van der Waals surface area contributed by atoms with Crippen molar-refractivity contribution < 1.29 is 8.42 Å². The van der Waals surface area contributed by atoms with Crippen molar-refractivity contribution in [3.63, 3.8) is 0 Å². The van der Waals surface area contributed by atoms with Gasteiger partial charge in [-0.2, -0.15) is 0 Å². The van der Waals surface area contributed by atoms with E-state index in [1.54, 1.807) is 17.4 Å². The highest BCUT2D eigenvalue weighted by Crippen LogP contribution is 2.25. The minimum atomic E-state index is -3.45. The first-order chi connectivity index (χ1) is 12.6. The summed E-state index contributed by atoms with van der Waals surface area (Å²) in [5.41, 5.74) is 3.43. The van der Waals surface area contributed by atoms with Gasteiger partial charge in [-0.15, -0.1) is 11.3 Å². The highest BCUT2D eigenvalue weighted by molar-refractivity contribution is 7.89. The van der Waals surface area contributed by atoms with E-state index >= 15 is 0 Å². The van der Waals surface area contributed by atoms with E-state index < -0.39 is 10.0 Å². The smallest absolute Gasteiger partial charge is 0.240 e. The van der Waals surface area contributed by atoms with Crippen LogP contribution in [0, 0.1) is 0 Å². The fraction of sp³-hybridized carbons (Fsp3) is 0.526. The van der Waals surface area contributed by atoms with Gasteiger partial charge < -0.3 is 4.90 Å². The van der Waals surface area contributed by atoms with E-state index in [9.17, 15) is 8.42 Å². The van der Waals surface area contributed by atoms with Gasteiger partial charge in [0.05, 0.1) is 10.6 Å². The Morgan fingerprint density at radius 2 is 1.88 bits per heavy atom. The molecule has 1 aliphatic heterocycles. The molecule has 1 N–H and O–H groups in total. The molecule has 0 spiro atoms. The summed E-state index contributed by atoms with van der Waals surface area (Å²) in [5.74, 6) is 0. The third-order valence-corrected chi connectivity index (χ3v) is 7.63. The number of aryl methyl sites for hydroxylation is 2. The highest BCUT2D eigenvalue weighted by Gasteiger charge is 2.19.